The summed E-state index contributed by atoms with van der Waals surface area (Å²) in [7, 11) is 0. The van der Waals surface area contributed by atoms with Crippen LogP contribution in [0.1, 0.15) is 37.5 Å². The Labute approximate surface area is 130 Å². The van der Waals surface area contributed by atoms with Gasteiger partial charge in [0, 0.05) is 36.6 Å². The number of nitrogens with one attached hydrogen (secondary N) is 1. The number of nitrogens with zero attached hydrogens (tertiary/aromatic N) is 2. The summed E-state index contributed by atoms with van der Waals surface area (Å²) in [6.07, 6.45) is 5.59. The molecule has 1 fully saturated rings. The minimum Gasteiger partial charge on any atom is -0.375 e. The Morgan fingerprint density at radius 3 is 3.10 bits per heavy atom. The molecule has 1 aromatic rings. The van der Waals surface area contributed by atoms with Gasteiger partial charge in [-0.05, 0) is 25.8 Å². The van der Waals surface area contributed by atoms with Gasteiger partial charge in [0.1, 0.15) is 0 Å². The van der Waals surface area contributed by atoms with Crippen LogP contribution >= 0.6 is 23.7 Å². The first kappa shape index (κ1) is 17.2. The van der Waals surface area contributed by atoms with Gasteiger partial charge in [-0.25, -0.2) is 4.98 Å². The molecule has 1 aliphatic rings. The van der Waals surface area contributed by atoms with Gasteiger partial charge in [0.05, 0.1) is 0 Å². The molecule has 1 atom stereocenters. The maximum absolute atomic E-state index is 11.6. The van der Waals surface area contributed by atoms with Gasteiger partial charge in [-0.1, -0.05) is 6.92 Å². The Balaban J connectivity index is 0.00000200. The van der Waals surface area contributed by atoms with Crippen LogP contribution in [0.3, 0.4) is 0 Å². The number of rotatable bonds is 5. The van der Waals surface area contributed by atoms with Gasteiger partial charge < -0.3 is 11.1 Å². The Morgan fingerprint density at radius 1 is 1.65 bits per heavy atom. The molecule has 7 heteroatoms. The van der Waals surface area contributed by atoms with Gasteiger partial charge in [0.2, 0.25) is 5.91 Å². The predicted octanol–water partition coefficient (Wildman–Crippen LogP) is 2.03. The van der Waals surface area contributed by atoms with Crippen LogP contribution in [0.15, 0.2) is 6.20 Å². The molecule has 114 valence electrons. The molecule has 1 amide bonds. The van der Waals surface area contributed by atoms with E-state index < -0.39 is 0 Å². The number of carbonyl (C=O) groups excluding carboxylic acids is 1. The first-order valence-electron chi connectivity index (χ1n) is 6.89. The lowest BCUT2D eigenvalue weighted by Crippen LogP contribution is -2.47. The second-order valence-electron chi connectivity index (χ2n) is 5.06. The average molecular weight is 319 g/mol. The van der Waals surface area contributed by atoms with Crippen molar-refractivity contribution >= 4 is 34.8 Å². The number of nitrogen functional groups attached to an aromatic ring is 1. The van der Waals surface area contributed by atoms with E-state index >= 15 is 0 Å². The molecule has 2 heterocycles. The van der Waals surface area contributed by atoms with Crippen LogP contribution < -0.4 is 11.1 Å². The van der Waals surface area contributed by atoms with Crippen molar-refractivity contribution in [2.75, 3.05) is 18.8 Å². The van der Waals surface area contributed by atoms with E-state index in [4.69, 9.17) is 5.73 Å². The Hall–Kier alpha value is -0.850. The number of halogens is 1. The average Bonchev–Trinajstić information content (AvgIpc) is 2.75. The predicted molar refractivity (Wildman–Crippen MR) is 85.1 cm³/mol. The lowest BCUT2D eigenvalue weighted by Gasteiger charge is -2.32. The summed E-state index contributed by atoms with van der Waals surface area (Å²) in [5, 5.41) is 3.75. The summed E-state index contributed by atoms with van der Waals surface area (Å²) in [6.45, 7) is 4.92. The van der Waals surface area contributed by atoms with Crippen molar-refractivity contribution in [2.24, 2.45) is 0 Å². The Bertz CT molecular complexity index is 426. The van der Waals surface area contributed by atoms with Gasteiger partial charge in [-0.3, -0.25) is 9.69 Å². The largest absolute Gasteiger partial charge is 0.375 e. The zero-order valence-electron chi connectivity index (χ0n) is 11.8. The third kappa shape index (κ3) is 5.26. The van der Waals surface area contributed by atoms with Crippen molar-refractivity contribution in [3.63, 3.8) is 0 Å². The second kappa shape index (κ2) is 8.44. The van der Waals surface area contributed by atoms with Crippen molar-refractivity contribution in [3.05, 3.63) is 11.1 Å². The molecule has 0 saturated carbocycles. The van der Waals surface area contributed by atoms with Crippen LogP contribution in [0, 0.1) is 0 Å². The number of hydrogen-bond donors (Lipinski definition) is 2. The number of aromatic nitrogens is 1. The summed E-state index contributed by atoms with van der Waals surface area (Å²) in [4.78, 5) is 19.3. The van der Waals surface area contributed by atoms with Gasteiger partial charge in [0.15, 0.2) is 5.13 Å². The SMILES string of the molecule is CCCC(=O)NC1CCCN(Cc2cnc(N)s2)C1.Cl. The molecule has 0 radical (unpaired) electrons. The van der Waals surface area contributed by atoms with E-state index in [9.17, 15) is 4.79 Å². The van der Waals surface area contributed by atoms with E-state index in [1.54, 1.807) is 11.3 Å². The Morgan fingerprint density at radius 2 is 2.45 bits per heavy atom. The summed E-state index contributed by atoms with van der Waals surface area (Å²) in [6, 6.07) is 0.290. The number of thiazole rings is 1. The maximum Gasteiger partial charge on any atom is 0.220 e. The molecule has 0 spiro atoms. The fourth-order valence-electron chi connectivity index (χ4n) is 2.46. The highest BCUT2D eigenvalue weighted by atomic mass is 35.5. The summed E-state index contributed by atoms with van der Waals surface area (Å²) in [5.74, 6) is 0.177. The zero-order valence-corrected chi connectivity index (χ0v) is 13.4. The molecule has 1 aliphatic heterocycles. The number of likely N-dealkylation sites (tertiary alicyclic amines) is 1. The van der Waals surface area contributed by atoms with Crippen LogP contribution in [-0.2, 0) is 11.3 Å². The van der Waals surface area contributed by atoms with Crippen molar-refractivity contribution in [1.82, 2.24) is 15.2 Å². The normalized spacial score (nSPS) is 19.4. The van der Waals surface area contributed by atoms with Crippen LogP contribution in [0.25, 0.3) is 0 Å². The highest BCUT2D eigenvalue weighted by molar-refractivity contribution is 7.15. The minimum absolute atomic E-state index is 0. The number of anilines is 1. The number of nitrogens with two attached hydrogens (primary N) is 1. The molecule has 5 nitrogen and oxygen atoms in total. The quantitative estimate of drug-likeness (QED) is 0.871. The summed E-state index contributed by atoms with van der Waals surface area (Å²) >= 11 is 1.54. The van der Waals surface area contributed by atoms with Crippen LogP contribution in [-0.4, -0.2) is 34.9 Å². The van der Waals surface area contributed by atoms with E-state index in [-0.39, 0.29) is 24.4 Å². The van der Waals surface area contributed by atoms with Gasteiger partial charge in [-0.15, -0.1) is 23.7 Å². The van der Waals surface area contributed by atoms with Crippen molar-refractivity contribution in [2.45, 2.75) is 45.2 Å². The molecule has 0 aliphatic carbocycles. The van der Waals surface area contributed by atoms with Crippen molar-refractivity contribution in [3.8, 4) is 0 Å². The lowest BCUT2D eigenvalue weighted by molar-refractivity contribution is -0.122. The van der Waals surface area contributed by atoms with Crippen LogP contribution in [0.5, 0.6) is 0 Å². The van der Waals surface area contributed by atoms with E-state index in [1.165, 1.54) is 4.88 Å². The standard InChI is InChI=1S/C13H22N4OS.ClH/c1-2-4-12(18)16-10-5-3-6-17(8-10)9-11-7-15-13(14)19-11;/h7,10H,2-6,8-9H2,1H3,(H2,14,15)(H,16,18);1H. The maximum atomic E-state index is 11.6. The summed E-state index contributed by atoms with van der Waals surface area (Å²) in [5.41, 5.74) is 5.64. The molecule has 0 aromatic carbocycles. The number of amides is 1. The number of hydrogen-bond acceptors (Lipinski definition) is 5. The van der Waals surface area contributed by atoms with E-state index in [0.29, 0.717) is 11.6 Å². The number of carbonyl (C=O) groups is 1. The van der Waals surface area contributed by atoms with E-state index in [1.807, 2.05) is 13.1 Å². The van der Waals surface area contributed by atoms with Crippen molar-refractivity contribution in [1.29, 1.82) is 0 Å². The Kier molecular flexibility index (Phi) is 7.26. The van der Waals surface area contributed by atoms with Gasteiger partial charge in [0.25, 0.3) is 0 Å². The highest BCUT2D eigenvalue weighted by Gasteiger charge is 2.21. The summed E-state index contributed by atoms with van der Waals surface area (Å²) < 4.78 is 0. The zero-order chi connectivity index (χ0) is 13.7. The molecule has 1 saturated heterocycles. The molecule has 3 N–H and O–H groups in total. The minimum atomic E-state index is 0. The molecule has 2 rings (SSSR count). The molecular weight excluding hydrogens is 296 g/mol. The van der Waals surface area contributed by atoms with E-state index in [2.05, 4.69) is 15.2 Å². The number of piperidine rings is 1. The molecular formula is C13H23ClN4OS. The van der Waals surface area contributed by atoms with Gasteiger partial charge >= 0.3 is 0 Å². The van der Waals surface area contributed by atoms with Gasteiger partial charge in [-0.2, -0.15) is 0 Å². The van der Waals surface area contributed by atoms with Crippen LogP contribution in [0.4, 0.5) is 5.13 Å². The molecule has 1 unspecified atom stereocenters. The first-order chi connectivity index (χ1) is 9.17. The van der Waals surface area contributed by atoms with E-state index in [0.717, 1.165) is 38.9 Å². The topological polar surface area (TPSA) is 71.2 Å². The fourth-order valence-corrected chi connectivity index (χ4v) is 3.19. The monoisotopic (exact) mass is 318 g/mol. The molecule has 1 aromatic heterocycles. The third-order valence-electron chi connectivity index (χ3n) is 3.30. The highest BCUT2D eigenvalue weighted by Crippen LogP contribution is 2.19. The smallest absolute Gasteiger partial charge is 0.220 e. The molecule has 0 bridgehead atoms. The van der Waals surface area contributed by atoms with Crippen molar-refractivity contribution < 1.29 is 4.79 Å². The van der Waals surface area contributed by atoms with Crippen LogP contribution in [0.2, 0.25) is 0 Å². The molecule has 20 heavy (non-hydrogen) atoms. The second-order valence-corrected chi connectivity index (χ2v) is 6.20. The first-order valence-corrected chi connectivity index (χ1v) is 7.71. The lowest BCUT2D eigenvalue weighted by atomic mass is 10.1. The third-order valence-corrected chi connectivity index (χ3v) is 4.11. The fraction of sp³-hybridized carbons (Fsp3) is 0.692.